The second-order valence-electron chi connectivity index (χ2n) is 5.67. The molecule has 18 heavy (non-hydrogen) atoms. The highest BCUT2D eigenvalue weighted by molar-refractivity contribution is 5.60. The highest BCUT2D eigenvalue weighted by atomic mass is 16.2. The molecule has 1 heterocycles. The average Bonchev–Trinajstić information content (AvgIpc) is 2.83. The van der Waals surface area contributed by atoms with Crippen molar-refractivity contribution in [3.8, 4) is 0 Å². The number of anilines is 1. The summed E-state index contributed by atoms with van der Waals surface area (Å²) in [4.78, 5) is 2.64. The van der Waals surface area contributed by atoms with Crippen LogP contribution in [0.3, 0.4) is 0 Å². The monoisotopic (exact) mass is 245 g/mol. The van der Waals surface area contributed by atoms with Crippen LogP contribution in [0.2, 0.25) is 0 Å². The van der Waals surface area contributed by atoms with Gasteiger partial charge in [-0.2, -0.15) is 0 Å². The minimum absolute atomic E-state index is 0.255. The molecule has 0 bridgehead atoms. The van der Waals surface area contributed by atoms with Gasteiger partial charge in [-0.1, -0.05) is 31.4 Å². The van der Waals surface area contributed by atoms with Gasteiger partial charge in [0.1, 0.15) is 0 Å². The van der Waals surface area contributed by atoms with E-state index in [0.29, 0.717) is 0 Å². The molecule has 0 spiro atoms. The molecule has 0 atom stereocenters. The molecule has 0 unspecified atom stereocenters. The van der Waals surface area contributed by atoms with Gasteiger partial charge in [-0.15, -0.1) is 0 Å². The van der Waals surface area contributed by atoms with Gasteiger partial charge in [0.2, 0.25) is 0 Å². The summed E-state index contributed by atoms with van der Waals surface area (Å²) >= 11 is 0. The van der Waals surface area contributed by atoms with Gasteiger partial charge in [-0.3, -0.25) is 0 Å². The van der Waals surface area contributed by atoms with Gasteiger partial charge < -0.3 is 10.0 Å². The summed E-state index contributed by atoms with van der Waals surface area (Å²) in [7, 11) is 0. The van der Waals surface area contributed by atoms with E-state index in [-0.39, 0.29) is 6.61 Å². The number of hydrogen-bond donors (Lipinski definition) is 1. The first kappa shape index (κ1) is 12.0. The third-order valence-corrected chi connectivity index (χ3v) is 4.49. The third-order valence-electron chi connectivity index (χ3n) is 4.49. The molecule has 2 nitrogen and oxygen atoms in total. The zero-order chi connectivity index (χ0) is 12.4. The third kappa shape index (κ3) is 2.26. The molecule has 1 saturated carbocycles. The van der Waals surface area contributed by atoms with Crippen molar-refractivity contribution >= 4 is 5.69 Å². The molecule has 0 radical (unpaired) electrons. The van der Waals surface area contributed by atoms with E-state index in [0.717, 1.165) is 12.5 Å². The molecule has 2 heteroatoms. The Morgan fingerprint density at radius 3 is 2.78 bits per heavy atom. The van der Waals surface area contributed by atoms with Crippen LogP contribution < -0.4 is 4.90 Å². The van der Waals surface area contributed by atoms with E-state index in [4.69, 9.17) is 5.11 Å². The maximum atomic E-state index is 9.01. The minimum atomic E-state index is 0.255. The molecule has 0 saturated heterocycles. The number of benzene rings is 1. The van der Waals surface area contributed by atoms with E-state index in [9.17, 15) is 0 Å². The Morgan fingerprint density at radius 1 is 1.17 bits per heavy atom. The summed E-state index contributed by atoms with van der Waals surface area (Å²) in [6.45, 7) is 1.45. The fourth-order valence-corrected chi connectivity index (χ4v) is 3.54. The minimum Gasteiger partial charge on any atom is -0.396 e. The van der Waals surface area contributed by atoms with Gasteiger partial charge in [0.25, 0.3) is 0 Å². The van der Waals surface area contributed by atoms with E-state index in [2.05, 4.69) is 23.1 Å². The largest absolute Gasteiger partial charge is 0.396 e. The molecule has 1 N–H and O–H groups in total. The second-order valence-corrected chi connectivity index (χ2v) is 5.67. The zero-order valence-electron chi connectivity index (χ0n) is 11.1. The second kappa shape index (κ2) is 5.31. The fourth-order valence-electron chi connectivity index (χ4n) is 3.54. The Balaban J connectivity index is 1.78. The van der Waals surface area contributed by atoms with Crippen molar-refractivity contribution in [2.45, 2.75) is 51.0 Å². The molecule has 1 aliphatic heterocycles. The summed E-state index contributed by atoms with van der Waals surface area (Å²) < 4.78 is 0. The highest BCUT2D eigenvalue weighted by Crippen LogP contribution is 2.34. The Kier molecular flexibility index (Phi) is 3.55. The van der Waals surface area contributed by atoms with E-state index in [1.807, 2.05) is 0 Å². The quantitative estimate of drug-likeness (QED) is 0.885. The number of aliphatic hydroxyl groups excluding tert-OH is 1. The first-order valence-electron chi connectivity index (χ1n) is 7.38. The van der Waals surface area contributed by atoms with E-state index >= 15 is 0 Å². The Hall–Kier alpha value is -1.02. The predicted molar refractivity (Wildman–Crippen MR) is 75.2 cm³/mol. The van der Waals surface area contributed by atoms with Crippen LogP contribution in [0, 0.1) is 0 Å². The highest BCUT2D eigenvalue weighted by Gasteiger charge is 2.27. The Morgan fingerprint density at radius 2 is 2.00 bits per heavy atom. The molecule has 1 aliphatic carbocycles. The van der Waals surface area contributed by atoms with E-state index < -0.39 is 0 Å². The number of hydrogen-bond acceptors (Lipinski definition) is 2. The fraction of sp³-hybridized carbons (Fsp3) is 0.625. The molecular weight excluding hydrogens is 222 g/mol. The standard InChI is InChI=1S/C16H23NO/c18-11-9-13-6-7-16-14(12-13)8-10-17(16)15-4-2-1-3-5-15/h6-7,12,15,18H,1-5,8-11H2. The van der Waals surface area contributed by atoms with Gasteiger partial charge in [0.15, 0.2) is 0 Å². The van der Waals surface area contributed by atoms with Crippen LogP contribution in [-0.2, 0) is 12.8 Å². The van der Waals surface area contributed by atoms with E-state index in [1.54, 1.807) is 0 Å². The van der Waals surface area contributed by atoms with Crippen molar-refractivity contribution in [3.63, 3.8) is 0 Å². The van der Waals surface area contributed by atoms with Crippen LogP contribution in [0.4, 0.5) is 5.69 Å². The van der Waals surface area contributed by atoms with Crippen molar-refractivity contribution in [2.75, 3.05) is 18.1 Å². The molecule has 0 aromatic heterocycles. The van der Waals surface area contributed by atoms with Crippen molar-refractivity contribution in [2.24, 2.45) is 0 Å². The van der Waals surface area contributed by atoms with Crippen LogP contribution >= 0.6 is 0 Å². The summed E-state index contributed by atoms with van der Waals surface area (Å²) in [6, 6.07) is 7.55. The topological polar surface area (TPSA) is 23.5 Å². The maximum absolute atomic E-state index is 9.01. The summed E-state index contributed by atoms with van der Waals surface area (Å²) in [6.07, 6.45) is 8.95. The molecule has 98 valence electrons. The van der Waals surface area contributed by atoms with Crippen molar-refractivity contribution in [1.82, 2.24) is 0 Å². The molecule has 1 aromatic carbocycles. The number of fused-ring (bicyclic) bond motifs is 1. The Bertz CT molecular complexity index is 410. The lowest BCUT2D eigenvalue weighted by Crippen LogP contribution is -2.35. The Labute approximate surface area is 110 Å². The van der Waals surface area contributed by atoms with Crippen molar-refractivity contribution < 1.29 is 5.11 Å². The van der Waals surface area contributed by atoms with Crippen LogP contribution in [-0.4, -0.2) is 24.3 Å². The lowest BCUT2D eigenvalue weighted by atomic mass is 9.94. The molecular formula is C16H23NO. The normalized spacial score (nSPS) is 20.2. The summed E-state index contributed by atoms with van der Waals surface area (Å²) in [5.41, 5.74) is 4.23. The van der Waals surface area contributed by atoms with Crippen molar-refractivity contribution in [1.29, 1.82) is 0 Å². The molecule has 3 rings (SSSR count). The summed E-state index contributed by atoms with van der Waals surface area (Å²) in [5, 5.41) is 9.01. The van der Waals surface area contributed by atoms with Crippen LogP contribution in [0.1, 0.15) is 43.2 Å². The van der Waals surface area contributed by atoms with Crippen molar-refractivity contribution in [3.05, 3.63) is 29.3 Å². The molecule has 2 aliphatic rings. The number of rotatable bonds is 3. The van der Waals surface area contributed by atoms with E-state index in [1.165, 1.54) is 61.9 Å². The number of aliphatic hydroxyl groups is 1. The average molecular weight is 245 g/mol. The van der Waals surface area contributed by atoms with Gasteiger partial charge in [-0.25, -0.2) is 0 Å². The first-order chi connectivity index (χ1) is 8.88. The van der Waals surface area contributed by atoms with Gasteiger partial charge >= 0.3 is 0 Å². The van der Waals surface area contributed by atoms with Gasteiger partial charge in [-0.05, 0) is 42.9 Å². The molecule has 1 aromatic rings. The first-order valence-corrected chi connectivity index (χ1v) is 7.38. The van der Waals surface area contributed by atoms with Crippen LogP contribution in [0.5, 0.6) is 0 Å². The van der Waals surface area contributed by atoms with Gasteiger partial charge in [0, 0.05) is 24.9 Å². The maximum Gasteiger partial charge on any atom is 0.0471 e. The lowest BCUT2D eigenvalue weighted by Gasteiger charge is -2.33. The summed E-state index contributed by atoms with van der Waals surface area (Å²) in [5.74, 6) is 0. The smallest absolute Gasteiger partial charge is 0.0471 e. The van der Waals surface area contributed by atoms with Gasteiger partial charge in [0.05, 0.1) is 0 Å². The zero-order valence-corrected chi connectivity index (χ0v) is 11.1. The lowest BCUT2D eigenvalue weighted by molar-refractivity contribution is 0.299. The predicted octanol–water partition coefficient (Wildman–Crippen LogP) is 2.92. The SMILES string of the molecule is OCCc1ccc2c(c1)CCN2C1CCCCC1. The molecule has 1 fully saturated rings. The van der Waals surface area contributed by atoms with Crippen LogP contribution in [0.15, 0.2) is 18.2 Å². The van der Waals surface area contributed by atoms with Crippen LogP contribution in [0.25, 0.3) is 0 Å². The molecule has 0 amide bonds. The number of nitrogens with zero attached hydrogens (tertiary/aromatic N) is 1.